The molecule has 0 aliphatic heterocycles. The van der Waals surface area contributed by atoms with E-state index in [-0.39, 0.29) is 0 Å². The average molecular weight is 278 g/mol. The highest BCUT2D eigenvalue weighted by molar-refractivity contribution is 9.10. The third kappa shape index (κ3) is 1.78. The summed E-state index contributed by atoms with van der Waals surface area (Å²) in [6, 6.07) is 6.59. The van der Waals surface area contributed by atoms with Gasteiger partial charge in [0.15, 0.2) is 0 Å². The quantitative estimate of drug-likeness (QED) is 0.915. The van der Waals surface area contributed by atoms with Gasteiger partial charge in [0.2, 0.25) is 5.95 Å². The minimum Gasteiger partial charge on any atom is -0.351 e. The van der Waals surface area contributed by atoms with E-state index < -0.39 is 0 Å². The zero-order valence-corrected chi connectivity index (χ0v) is 10.4. The van der Waals surface area contributed by atoms with Gasteiger partial charge in [0.25, 0.3) is 0 Å². The monoisotopic (exact) mass is 277 g/mol. The Morgan fingerprint density at radius 1 is 1.31 bits per heavy atom. The number of fused-ring (bicyclic) bond motifs is 1. The number of aromatic nitrogens is 2. The van der Waals surface area contributed by atoms with Gasteiger partial charge in [-0.1, -0.05) is 12.1 Å². The van der Waals surface area contributed by atoms with Crippen LogP contribution in [0.4, 0.5) is 5.95 Å². The molecule has 3 rings (SSSR count). The molecule has 1 N–H and O–H groups in total. The highest BCUT2D eigenvalue weighted by atomic mass is 79.9. The van der Waals surface area contributed by atoms with Gasteiger partial charge in [-0.2, -0.15) is 0 Å². The molecule has 0 amide bonds. The average Bonchev–Trinajstić information content (AvgIpc) is 2.24. The highest BCUT2D eigenvalue weighted by Gasteiger charge is 2.17. The molecule has 0 saturated heterocycles. The summed E-state index contributed by atoms with van der Waals surface area (Å²) in [6.07, 6.45) is 5.65. The molecular weight excluding hydrogens is 266 g/mol. The van der Waals surface area contributed by atoms with E-state index in [4.69, 9.17) is 0 Å². The molecule has 0 atom stereocenters. The highest BCUT2D eigenvalue weighted by Crippen LogP contribution is 2.25. The summed E-state index contributed by atoms with van der Waals surface area (Å²) in [7, 11) is 0. The Kier molecular flexibility index (Phi) is 2.52. The van der Waals surface area contributed by atoms with Crippen LogP contribution in [0.5, 0.6) is 0 Å². The summed E-state index contributed by atoms with van der Waals surface area (Å²) in [5.41, 5.74) is 0.972. The van der Waals surface area contributed by atoms with Crippen LogP contribution >= 0.6 is 15.9 Å². The molecule has 2 aromatic rings. The second kappa shape index (κ2) is 4.01. The SMILES string of the molecule is Brc1cccc2cnc(NC3CCC3)nc12. The molecule has 1 aromatic carbocycles. The third-order valence-corrected chi connectivity index (χ3v) is 3.64. The number of halogens is 1. The van der Waals surface area contributed by atoms with Crippen LogP contribution in [0.1, 0.15) is 19.3 Å². The number of hydrogen-bond donors (Lipinski definition) is 1. The summed E-state index contributed by atoms with van der Waals surface area (Å²) < 4.78 is 1.02. The number of rotatable bonds is 2. The smallest absolute Gasteiger partial charge is 0.223 e. The van der Waals surface area contributed by atoms with E-state index in [0.717, 1.165) is 21.3 Å². The maximum absolute atomic E-state index is 4.53. The zero-order valence-electron chi connectivity index (χ0n) is 8.78. The molecule has 1 aliphatic rings. The molecule has 0 spiro atoms. The zero-order chi connectivity index (χ0) is 11.0. The number of nitrogens with one attached hydrogen (secondary N) is 1. The van der Waals surface area contributed by atoms with Gasteiger partial charge in [-0.15, -0.1) is 0 Å². The van der Waals surface area contributed by atoms with Crippen molar-refractivity contribution in [3.63, 3.8) is 0 Å². The second-order valence-corrected chi connectivity index (χ2v) is 5.00. The van der Waals surface area contributed by atoms with Gasteiger partial charge in [0, 0.05) is 22.1 Å². The van der Waals surface area contributed by atoms with Crippen LogP contribution in [0.2, 0.25) is 0 Å². The number of nitrogens with zero attached hydrogens (tertiary/aromatic N) is 2. The minimum absolute atomic E-state index is 0.569. The standard InChI is InChI=1S/C12H12BrN3/c13-10-6-1-3-8-7-14-12(16-11(8)10)15-9-4-2-5-9/h1,3,6-7,9H,2,4-5H2,(H,14,15,16). The lowest BCUT2D eigenvalue weighted by Gasteiger charge is -2.26. The van der Waals surface area contributed by atoms with Gasteiger partial charge in [0.05, 0.1) is 5.52 Å². The Morgan fingerprint density at radius 2 is 2.19 bits per heavy atom. The van der Waals surface area contributed by atoms with Crippen LogP contribution in [-0.4, -0.2) is 16.0 Å². The lowest BCUT2D eigenvalue weighted by Crippen LogP contribution is -2.27. The number of para-hydroxylation sites is 1. The first-order valence-electron chi connectivity index (χ1n) is 5.51. The normalized spacial score (nSPS) is 16.1. The topological polar surface area (TPSA) is 37.8 Å². The molecule has 3 nitrogen and oxygen atoms in total. The van der Waals surface area contributed by atoms with Crippen molar-refractivity contribution in [1.29, 1.82) is 0 Å². The maximum atomic E-state index is 4.53. The van der Waals surface area contributed by atoms with Crippen LogP contribution in [0.3, 0.4) is 0 Å². The molecule has 1 fully saturated rings. The number of benzene rings is 1. The Hall–Kier alpha value is -1.16. The number of anilines is 1. The summed E-state index contributed by atoms with van der Waals surface area (Å²) in [6.45, 7) is 0. The molecule has 0 bridgehead atoms. The lowest BCUT2D eigenvalue weighted by atomic mass is 9.93. The van der Waals surface area contributed by atoms with Gasteiger partial charge in [-0.05, 0) is 41.3 Å². The molecule has 4 heteroatoms. The predicted molar refractivity (Wildman–Crippen MR) is 68.5 cm³/mol. The molecule has 82 valence electrons. The fourth-order valence-corrected chi connectivity index (χ4v) is 2.29. The Morgan fingerprint density at radius 3 is 2.94 bits per heavy atom. The van der Waals surface area contributed by atoms with Gasteiger partial charge in [-0.3, -0.25) is 0 Å². The molecule has 0 unspecified atom stereocenters. The van der Waals surface area contributed by atoms with Gasteiger partial charge < -0.3 is 5.32 Å². The van der Waals surface area contributed by atoms with E-state index in [1.807, 2.05) is 24.4 Å². The molecule has 1 heterocycles. The first-order valence-corrected chi connectivity index (χ1v) is 6.30. The van der Waals surface area contributed by atoms with E-state index in [1.165, 1.54) is 19.3 Å². The van der Waals surface area contributed by atoms with Crippen LogP contribution in [0.25, 0.3) is 10.9 Å². The van der Waals surface area contributed by atoms with Crippen molar-refractivity contribution < 1.29 is 0 Å². The summed E-state index contributed by atoms with van der Waals surface area (Å²) in [5.74, 6) is 0.740. The van der Waals surface area contributed by atoms with Crippen molar-refractivity contribution in [1.82, 2.24) is 9.97 Å². The van der Waals surface area contributed by atoms with Gasteiger partial charge in [0.1, 0.15) is 0 Å². The molecule has 0 radical (unpaired) electrons. The van der Waals surface area contributed by atoms with Crippen molar-refractivity contribution in [3.05, 3.63) is 28.9 Å². The van der Waals surface area contributed by atoms with Crippen molar-refractivity contribution in [2.75, 3.05) is 5.32 Å². The van der Waals surface area contributed by atoms with Crippen LogP contribution in [0.15, 0.2) is 28.9 Å². The lowest BCUT2D eigenvalue weighted by molar-refractivity contribution is 0.443. The van der Waals surface area contributed by atoms with E-state index in [1.54, 1.807) is 0 Å². The Balaban J connectivity index is 1.97. The first kappa shape index (κ1) is 10.0. The maximum Gasteiger partial charge on any atom is 0.223 e. The van der Waals surface area contributed by atoms with E-state index >= 15 is 0 Å². The fourth-order valence-electron chi connectivity index (χ4n) is 1.82. The van der Waals surface area contributed by atoms with Gasteiger partial charge in [-0.25, -0.2) is 9.97 Å². The second-order valence-electron chi connectivity index (χ2n) is 4.14. The van der Waals surface area contributed by atoms with Crippen molar-refractivity contribution in [2.45, 2.75) is 25.3 Å². The molecule has 1 aliphatic carbocycles. The third-order valence-electron chi connectivity index (χ3n) is 3.00. The summed E-state index contributed by atoms with van der Waals surface area (Å²) in [5, 5.41) is 4.42. The predicted octanol–water partition coefficient (Wildman–Crippen LogP) is 3.36. The molecule has 16 heavy (non-hydrogen) atoms. The largest absolute Gasteiger partial charge is 0.351 e. The first-order chi connectivity index (χ1) is 7.83. The van der Waals surface area contributed by atoms with Gasteiger partial charge >= 0.3 is 0 Å². The van der Waals surface area contributed by atoms with Crippen LogP contribution < -0.4 is 5.32 Å². The van der Waals surface area contributed by atoms with Crippen molar-refractivity contribution >= 4 is 32.8 Å². The molecular formula is C12H12BrN3. The molecule has 1 aromatic heterocycles. The number of hydrogen-bond acceptors (Lipinski definition) is 3. The minimum atomic E-state index is 0.569. The Labute approximate surface area is 102 Å². The Bertz CT molecular complexity index is 523. The van der Waals surface area contributed by atoms with E-state index in [0.29, 0.717) is 6.04 Å². The van der Waals surface area contributed by atoms with Crippen LogP contribution in [-0.2, 0) is 0 Å². The van der Waals surface area contributed by atoms with E-state index in [9.17, 15) is 0 Å². The van der Waals surface area contributed by atoms with E-state index in [2.05, 4.69) is 31.2 Å². The van der Waals surface area contributed by atoms with Crippen molar-refractivity contribution in [3.8, 4) is 0 Å². The molecule has 1 saturated carbocycles. The summed E-state index contributed by atoms with van der Waals surface area (Å²) in [4.78, 5) is 8.85. The van der Waals surface area contributed by atoms with Crippen LogP contribution in [0, 0.1) is 0 Å². The summed E-state index contributed by atoms with van der Waals surface area (Å²) >= 11 is 3.51. The fraction of sp³-hybridized carbons (Fsp3) is 0.333. The van der Waals surface area contributed by atoms with Crippen molar-refractivity contribution in [2.24, 2.45) is 0 Å².